The summed E-state index contributed by atoms with van der Waals surface area (Å²) in [4.78, 5) is 9.09. The van der Waals surface area contributed by atoms with Gasteiger partial charge >= 0.3 is 0 Å². The van der Waals surface area contributed by atoms with E-state index in [-0.39, 0.29) is 0 Å². The molecular weight excluding hydrogens is 210 g/mol. The average Bonchev–Trinajstić information content (AvgIpc) is 2.71. The normalized spacial score (nSPS) is 10.8. The van der Waals surface area contributed by atoms with Crippen molar-refractivity contribution in [2.24, 2.45) is 0 Å². The third kappa shape index (κ3) is 2.65. The first-order valence-electron chi connectivity index (χ1n) is 6.44. The molecule has 0 bridgehead atoms. The van der Waals surface area contributed by atoms with Gasteiger partial charge in [-0.1, -0.05) is 41.5 Å². The highest BCUT2D eigenvalue weighted by Crippen LogP contribution is 2.22. The second kappa shape index (κ2) is 5.80. The minimum absolute atomic E-state index is 0.419. The van der Waals surface area contributed by atoms with E-state index in [1.165, 1.54) is 0 Å². The van der Waals surface area contributed by atoms with Crippen molar-refractivity contribution in [3.05, 3.63) is 30.0 Å². The molecule has 0 aliphatic rings. The van der Waals surface area contributed by atoms with Crippen LogP contribution in [0.1, 0.15) is 64.9 Å². The van der Waals surface area contributed by atoms with Crippen molar-refractivity contribution in [2.45, 2.75) is 53.4 Å². The molecule has 2 rings (SSSR count). The molecular formula is C14H23N3. The topological polar surface area (TPSA) is 30.2 Å². The molecule has 0 aliphatic heterocycles. The molecule has 2 aromatic heterocycles. The van der Waals surface area contributed by atoms with Crippen molar-refractivity contribution in [1.29, 1.82) is 0 Å². The molecule has 3 heteroatoms. The van der Waals surface area contributed by atoms with E-state index in [1.807, 2.05) is 32.3 Å². The fourth-order valence-electron chi connectivity index (χ4n) is 1.77. The maximum Gasteiger partial charge on any atom is 0.160 e. The third-order valence-corrected chi connectivity index (χ3v) is 2.52. The van der Waals surface area contributed by atoms with E-state index >= 15 is 0 Å². The van der Waals surface area contributed by atoms with Crippen LogP contribution < -0.4 is 0 Å². The van der Waals surface area contributed by atoms with E-state index in [1.54, 1.807) is 0 Å². The molecule has 0 spiro atoms. The van der Waals surface area contributed by atoms with E-state index in [0.717, 1.165) is 17.2 Å². The maximum atomic E-state index is 4.69. The third-order valence-electron chi connectivity index (χ3n) is 2.52. The SMILES string of the molecule is CC.CC(C)c1nc(C(C)C)n2cccnc12. The standard InChI is InChI=1S/C12H17N3.C2H6/c1-8(2)10-12-13-6-5-7-15(12)11(14-10)9(3)4;1-2/h5-9H,1-4H3;1-2H3. The van der Waals surface area contributed by atoms with Crippen LogP contribution in [0.3, 0.4) is 0 Å². The Balaban J connectivity index is 0.000000686. The van der Waals surface area contributed by atoms with Gasteiger partial charge in [0.05, 0.1) is 5.69 Å². The van der Waals surface area contributed by atoms with Crippen LogP contribution in [0.25, 0.3) is 5.65 Å². The van der Waals surface area contributed by atoms with Crippen LogP contribution in [0.15, 0.2) is 18.5 Å². The minimum atomic E-state index is 0.419. The van der Waals surface area contributed by atoms with Crippen LogP contribution in [0, 0.1) is 0 Å². The van der Waals surface area contributed by atoms with Crippen LogP contribution in [0.5, 0.6) is 0 Å². The van der Waals surface area contributed by atoms with Crippen molar-refractivity contribution in [3.63, 3.8) is 0 Å². The van der Waals surface area contributed by atoms with Gasteiger partial charge in [0.1, 0.15) is 5.82 Å². The lowest BCUT2D eigenvalue weighted by Crippen LogP contribution is -1.96. The Bertz CT molecular complexity index is 427. The molecule has 0 N–H and O–H groups in total. The van der Waals surface area contributed by atoms with Gasteiger partial charge in [-0.2, -0.15) is 0 Å². The molecule has 17 heavy (non-hydrogen) atoms. The second-order valence-electron chi connectivity index (χ2n) is 4.48. The molecule has 0 atom stereocenters. The molecule has 0 radical (unpaired) electrons. The number of rotatable bonds is 2. The van der Waals surface area contributed by atoms with Crippen LogP contribution in [-0.2, 0) is 0 Å². The average molecular weight is 233 g/mol. The second-order valence-corrected chi connectivity index (χ2v) is 4.48. The Hall–Kier alpha value is -1.38. The molecule has 0 unspecified atom stereocenters. The van der Waals surface area contributed by atoms with E-state index in [9.17, 15) is 0 Å². The maximum absolute atomic E-state index is 4.69. The highest BCUT2D eigenvalue weighted by atomic mass is 15.1. The zero-order chi connectivity index (χ0) is 13.0. The van der Waals surface area contributed by atoms with Crippen molar-refractivity contribution in [2.75, 3.05) is 0 Å². The molecule has 3 nitrogen and oxygen atoms in total. The minimum Gasteiger partial charge on any atom is -0.288 e. The number of imidazole rings is 1. The summed E-state index contributed by atoms with van der Waals surface area (Å²) in [6.07, 6.45) is 3.86. The lowest BCUT2D eigenvalue weighted by Gasteiger charge is -2.01. The molecule has 0 saturated heterocycles. The van der Waals surface area contributed by atoms with E-state index in [2.05, 4.69) is 42.1 Å². The first kappa shape index (κ1) is 13.7. The van der Waals surface area contributed by atoms with Gasteiger partial charge in [-0.05, 0) is 12.0 Å². The predicted octanol–water partition coefficient (Wildman–Crippen LogP) is 4.00. The lowest BCUT2D eigenvalue weighted by atomic mass is 10.1. The predicted molar refractivity (Wildman–Crippen MR) is 72.5 cm³/mol. The zero-order valence-corrected chi connectivity index (χ0v) is 11.7. The summed E-state index contributed by atoms with van der Waals surface area (Å²) < 4.78 is 2.10. The molecule has 94 valence electrons. The number of nitrogens with zero attached hydrogens (tertiary/aromatic N) is 3. The van der Waals surface area contributed by atoms with E-state index in [0.29, 0.717) is 11.8 Å². The summed E-state index contributed by atoms with van der Waals surface area (Å²) in [5, 5.41) is 0. The highest BCUT2D eigenvalue weighted by Gasteiger charge is 2.15. The largest absolute Gasteiger partial charge is 0.288 e. The van der Waals surface area contributed by atoms with Gasteiger partial charge in [-0.15, -0.1) is 0 Å². The summed E-state index contributed by atoms with van der Waals surface area (Å²) in [7, 11) is 0. The van der Waals surface area contributed by atoms with Gasteiger partial charge in [-0.3, -0.25) is 4.40 Å². The van der Waals surface area contributed by atoms with Gasteiger partial charge in [0.2, 0.25) is 0 Å². The van der Waals surface area contributed by atoms with Crippen molar-refractivity contribution in [1.82, 2.24) is 14.4 Å². The zero-order valence-electron chi connectivity index (χ0n) is 11.7. The smallest absolute Gasteiger partial charge is 0.160 e. The first-order chi connectivity index (χ1) is 8.11. The van der Waals surface area contributed by atoms with Crippen molar-refractivity contribution >= 4 is 5.65 Å². The van der Waals surface area contributed by atoms with E-state index < -0.39 is 0 Å². The monoisotopic (exact) mass is 233 g/mol. The number of fused-ring (bicyclic) bond motifs is 1. The van der Waals surface area contributed by atoms with Gasteiger partial charge in [0.15, 0.2) is 5.65 Å². The fourth-order valence-corrected chi connectivity index (χ4v) is 1.77. The Labute approximate surface area is 104 Å². The summed E-state index contributed by atoms with van der Waals surface area (Å²) in [6, 6.07) is 1.95. The summed E-state index contributed by atoms with van der Waals surface area (Å²) >= 11 is 0. The Morgan fingerprint density at radius 2 is 1.71 bits per heavy atom. The van der Waals surface area contributed by atoms with Gasteiger partial charge in [-0.25, -0.2) is 9.97 Å². The number of aromatic nitrogens is 3. The van der Waals surface area contributed by atoms with Crippen LogP contribution in [0.2, 0.25) is 0 Å². The summed E-state index contributed by atoms with van der Waals surface area (Å²) in [5.41, 5.74) is 2.09. The van der Waals surface area contributed by atoms with Gasteiger partial charge in [0, 0.05) is 18.3 Å². The van der Waals surface area contributed by atoms with Crippen LogP contribution in [-0.4, -0.2) is 14.4 Å². The summed E-state index contributed by atoms with van der Waals surface area (Å²) in [6.45, 7) is 12.6. The quantitative estimate of drug-likeness (QED) is 0.784. The van der Waals surface area contributed by atoms with Crippen molar-refractivity contribution < 1.29 is 0 Å². The molecule has 0 fully saturated rings. The molecule has 0 aliphatic carbocycles. The Morgan fingerprint density at radius 3 is 2.24 bits per heavy atom. The van der Waals surface area contributed by atoms with E-state index in [4.69, 9.17) is 0 Å². The summed E-state index contributed by atoms with van der Waals surface area (Å²) in [5.74, 6) is 1.94. The molecule has 2 heterocycles. The van der Waals surface area contributed by atoms with Crippen LogP contribution >= 0.6 is 0 Å². The van der Waals surface area contributed by atoms with Crippen LogP contribution in [0.4, 0.5) is 0 Å². The first-order valence-corrected chi connectivity index (χ1v) is 6.44. The molecule has 0 amide bonds. The molecule has 0 saturated carbocycles. The molecule has 0 aromatic carbocycles. The Morgan fingerprint density at radius 1 is 1.06 bits per heavy atom. The van der Waals surface area contributed by atoms with Gasteiger partial charge < -0.3 is 0 Å². The van der Waals surface area contributed by atoms with Crippen molar-refractivity contribution in [3.8, 4) is 0 Å². The fraction of sp³-hybridized carbons (Fsp3) is 0.571. The highest BCUT2D eigenvalue weighted by molar-refractivity contribution is 5.47. The molecule has 2 aromatic rings. The lowest BCUT2D eigenvalue weighted by molar-refractivity contribution is 0.754. The number of hydrogen-bond donors (Lipinski definition) is 0. The number of hydrogen-bond acceptors (Lipinski definition) is 2. The Kier molecular flexibility index (Phi) is 4.67. The van der Waals surface area contributed by atoms with Gasteiger partial charge in [0.25, 0.3) is 0 Å².